The van der Waals surface area contributed by atoms with Crippen LogP contribution in [-0.4, -0.2) is 18.7 Å². The van der Waals surface area contributed by atoms with Crippen molar-refractivity contribution in [1.29, 1.82) is 0 Å². The lowest BCUT2D eigenvalue weighted by Crippen LogP contribution is -2.12. The number of carbonyl (C=O) groups is 1. The molecule has 2 aromatic rings. The van der Waals surface area contributed by atoms with Crippen molar-refractivity contribution in [3.05, 3.63) is 54.1 Å². The van der Waals surface area contributed by atoms with Gasteiger partial charge in [0.2, 0.25) is 0 Å². The van der Waals surface area contributed by atoms with Crippen molar-refractivity contribution in [2.24, 2.45) is 5.92 Å². The molecule has 2 rings (SSSR count). The van der Waals surface area contributed by atoms with Crippen molar-refractivity contribution < 1.29 is 19.0 Å². The summed E-state index contributed by atoms with van der Waals surface area (Å²) in [6.07, 6.45) is 12.2. The molecule has 0 heterocycles. The fourth-order valence-electron chi connectivity index (χ4n) is 3.76. The molecule has 0 N–H and O–H groups in total. The topological polar surface area (TPSA) is 44.8 Å². The maximum absolute atomic E-state index is 12.5. The minimum atomic E-state index is -0.380. The number of unbranched alkanes of at least 4 members (excludes halogenated alkanes) is 5. The maximum Gasteiger partial charge on any atom is 0.343 e. The Balaban J connectivity index is 1.70. The van der Waals surface area contributed by atoms with E-state index in [1.807, 2.05) is 24.3 Å². The average molecular weight is 469 g/mol. The summed E-state index contributed by atoms with van der Waals surface area (Å²) in [7, 11) is 0. The Kier molecular flexibility index (Phi) is 13.2. The van der Waals surface area contributed by atoms with Crippen molar-refractivity contribution in [2.45, 2.75) is 98.0 Å². The third-order valence-corrected chi connectivity index (χ3v) is 6.23. The Morgan fingerprint density at radius 3 is 2.03 bits per heavy atom. The van der Waals surface area contributed by atoms with Crippen LogP contribution in [0.5, 0.6) is 17.2 Å². The molecule has 0 aromatic heterocycles. The van der Waals surface area contributed by atoms with E-state index in [0.29, 0.717) is 17.9 Å². The van der Waals surface area contributed by atoms with Gasteiger partial charge in [0.05, 0.1) is 18.3 Å². The summed E-state index contributed by atoms with van der Waals surface area (Å²) in [5.41, 5.74) is 0.501. The molecule has 4 nitrogen and oxygen atoms in total. The van der Waals surface area contributed by atoms with Gasteiger partial charge >= 0.3 is 5.97 Å². The molecule has 0 amide bonds. The van der Waals surface area contributed by atoms with Gasteiger partial charge in [-0.1, -0.05) is 65.7 Å². The summed E-state index contributed by atoms with van der Waals surface area (Å²) in [5, 5.41) is 0. The van der Waals surface area contributed by atoms with E-state index < -0.39 is 0 Å². The molecule has 0 bridgehead atoms. The predicted octanol–water partition coefficient (Wildman–Crippen LogP) is 8.63. The molecular weight excluding hydrogens is 424 g/mol. The molecule has 0 spiro atoms. The fourth-order valence-corrected chi connectivity index (χ4v) is 3.76. The van der Waals surface area contributed by atoms with Gasteiger partial charge in [0.15, 0.2) is 0 Å². The first kappa shape index (κ1) is 27.8. The Hall–Kier alpha value is -2.49. The van der Waals surface area contributed by atoms with Crippen LogP contribution in [0, 0.1) is 5.92 Å². The van der Waals surface area contributed by atoms with Gasteiger partial charge in [-0.15, -0.1) is 0 Å². The van der Waals surface area contributed by atoms with Crippen LogP contribution in [-0.2, 0) is 0 Å². The quantitative estimate of drug-likeness (QED) is 0.132. The maximum atomic E-state index is 12.5. The molecule has 0 fully saturated rings. The minimum Gasteiger partial charge on any atom is -0.494 e. The number of hydrogen-bond acceptors (Lipinski definition) is 4. The van der Waals surface area contributed by atoms with Crippen LogP contribution in [0.3, 0.4) is 0 Å². The number of carbonyl (C=O) groups excluding carboxylic acids is 1. The smallest absolute Gasteiger partial charge is 0.343 e. The third-order valence-electron chi connectivity index (χ3n) is 6.23. The van der Waals surface area contributed by atoms with Crippen molar-refractivity contribution in [2.75, 3.05) is 6.61 Å². The van der Waals surface area contributed by atoms with Crippen LogP contribution in [0.4, 0.5) is 0 Å². The van der Waals surface area contributed by atoms with Gasteiger partial charge in [0, 0.05) is 0 Å². The highest BCUT2D eigenvalue weighted by molar-refractivity contribution is 5.91. The summed E-state index contributed by atoms with van der Waals surface area (Å²) in [4.78, 5) is 12.5. The molecule has 0 aliphatic heterocycles. The van der Waals surface area contributed by atoms with E-state index in [1.54, 1.807) is 24.3 Å². The van der Waals surface area contributed by atoms with E-state index in [2.05, 4.69) is 27.7 Å². The summed E-state index contributed by atoms with van der Waals surface area (Å²) >= 11 is 0. The molecule has 2 aromatic carbocycles. The van der Waals surface area contributed by atoms with Gasteiger partial charge in [-0.05, 0) is 80.6 Å². The molecule has 34 heavy (non-hydrogen) atoms. The Labute approximate surface area is 207 Å². The highest BCUT2D eigenvalue weighted by atomic mass is 16.5. The largest absolute Gasteiger partial charge is 0.494 e. The average Bonchev–Trinajstić information content (AvgIpc) is 2.85. The number of hydrogen-bond donors (Lipinski definition) is 0. The van der Waals surface area contributed by atoms with Crippen LogP contribution >= 0.6 is 0 Å². The minimum absolute atomic E-state index is 0.167. The van der Waals surface area contributed by atoms with Gasteiger partial charge < -0.3 is 14.2 Å². The highest BCUT2D eigenvalue weighted by Crippen LogP contribution is 2.21. The van der Waals surface area contributed by atoms with Crippen molar-refractivity contribution in [3.63, 3.8) is 0 Å². The standard InChI is InChI=1S/C30H44O4/c1-5-7-8-11-14-25(4)33-28-17-15-26(16-18-28)30(31)34-29-21-19-27(20-22-29)32-23-12-9-10-13-24(3)6-2/h15-22,24-25H,5-14,23H2,1-4H3/t24-,25+/m0/s1. The zero-order valence-corrected chi connectivity index (χ0v) is 21.7. The lowest BCUT2D eigenvalue weighted by molar-refractivity contribution is 0.0734. The van der Waals surface area contributed by atoms with E-state index in [9.17, 15) is 4.79 Å². The van der Waals surface area contributed by atoms with E-state index in [1.165, 1.54) is 51.4 Å². The first-order valence-electron chi connectivity index (χ1n) is 13.2. The molecule has 0 aliphatic carbocycles. The zero-order chi connectivity index (χ0) is 24.6. The second-order valence-electron chi connectivity index (χ2n) is 9.37. The lowest BCUT2D eigenvalue weighted by Gasteiger charge is -2.15. The van der Waals surface area contributed by atoms with E-state index in [0.717, 1.165) is 30.3 Å². The molecule has 4 heteroatoms. The van der Waals surface area contributed by atoms with Gasteiger partial charge in [-0.2, -0.15) is 0 Å². The summed E-state index contributed by atoms with van der Waals surface area (Å²) < 4.78 is 17.3. The van der Waals surface area contributed by atoms with Crippen molar-refractivity contribution in [3.8, 4) is 17.2 Å². The van der Waals surface area contributed by atoms with Gasteiger partial charge in [-0.25, -0.2) is 4.79 Å². The van der Waals surface area contributed by atoms with Gasteiger partial charge in [-0.3, -0.25) is 0 Å². The van der Waals surface area contributed by atoms with Crippen LogP contribution in [0.15, 0.2) is 48.5 Å². The van der Waals surface area contributed by atoms with Crippen molar-refractivity contribution >= 4 is 5.97 Å². The molecule has 0 saturated heterocycles. The van der Waals surface area contributed by atoms with Crippen LogP contribution in [0.25, 0.3) is 0 Å². The molecule has 188 valence electrons. The van der Waals surface area contributed by atoms with Gasteiger partial charge in [0.25, 0.3) is 0 Å². The fraction of sp³-hybridized carbons (Fsp3) is 0.567. The first-order chi connectivity index (χ1) is 16.5. The summed E-state index contributed by atoms with van der Waals surface area (Å²) in [5.74, 6) is 2.52. The molecular formula is C30H44O4. The van der Waals surface area contributed by atoms with Crippen molar-refractivity contribution in [1.82, 2.24) is 0 Å². The van der Waals surface area contributed by atoms with E-state index in [-0.39, 0.29) is 12.1 Å². The van der Waals surface area contributed by atoms with Crippen LogP contribution < -0.4 is 14.2 Å². The summed E-state index contributed by atoms with van der Waals surface area (Å²) in [6, 6.07) is 14.4. The summed E-state index contributed by atoms with van der Waals surface area (Å²) in [6.45, 7) is 9.58. The molecule has 0 saturated carbocycles. The van der Waals surface area contributed by atoms with Gasteiger partial charge in [0.1, 0.15) is 17.2 Å². The van der Waals surface area contributed by atoms with Crippen LogP contribution in [0.1, 0.15) is 102 Å². The Morgan fingerprint density at radius 2 is 1.35 bits per heavy atom. The molecule has 0 unspecified atom stereocenters. The number of benzene rings is 2. The second kappa shape index (κ2) is 16.2. The van der Waals surface area contributed by atoms with E-state index in [4.69, 9.17) is 14.2 Å². The monoisotopic (exact) mass is 468 g/mol. The lowest BCUT2D eigenvalue weighted by atomic mass is 10.0. The first-order valence-corrected chi connectivity index (χ1v) is 13.2. The molecule has 0 aliphatic rings. The normalized spacial score (nSPS) is 12.7. The third kappa shape index (κ3) is 11.1. The Bertz CT molecular complexity index is 798. The van der Waals surface area contributed by atoms with Crippen LogP contribution in [0.2, 0.25) is 0 Å². The highest BCUT2D eigenvalue weighted by Gasteiger charge is 2.10. The predicted molar refractivity (Wildman–Crippen MR) is 140 cm³/mol. The number of rotatable bonds is 17. The Morgan fingerprint density at radius 1 is 0.735 bits per heavy atom. The SMILES string of the molecule is CCCCCC[C@@H](C)Oc1ccc(C(=O)Oc2ccc(OCCCCC[C@@H](C)CC)cc2)cc1. The molecule has 0 radical (unpaired) electrons. The zero-order valence-electron chi connectivity index (χ0n) is 21.7. The molecule has 2 atom stereocenters. The number of esters is 1. The van der Waals surface area contributed by atoms with E-state index >= 15 is 0 Å². The number of ether oxygens (including phenoxy) is 3. The second-order valence-corrected chi connectivity index (χ2v) is 9.37.